The van der Waals surface area contributed by atoms with E-state index in [1.807, 2.05) is 30.3 Å². The molecule has 2 rings (SSSR count). The molecular weight excluding hydrogens is 228 g/mol. The van der Waals surface area contributed by atoms with E-state index >= 15 is 0 Å². The van der Waals surface area contributed by atoms with E-state index in [2.05, 4.69) is 0 Å². The first-order valence-electron chi connectivity index (χ1n) is 6.56. The lowest BCUT2D eigenvalue weighted by molar-refractivity contribution is -0.121. The van der Waals surface area contributed by atoms with E-state index in [1.165, 1.54) is 0 Å². The van der Waals surface area contributed by atoms with Crippen LogP contribution in [0.2, 0.25) is 0 Å². The molecule has 0 heterocycles. The van der Waals surface area contributed by atoms with Crippen molar-refractivity contribution in [1.29, 1.82) is 0 Å². The average Bonchev–Trinajstić information content (AvgIpc) is 3.08. The van der Waals surface area contributed by atoms with Crippen LogP contribution in [0.5, 0.6) is 0 Å². The maximum atomic E-state index is 11.7. The van der Waals surface area contributed by atoms with Crippen LogP contribution < -0.4 is 0 Å². The third kappa shape index (κ3) is 3.93. The van der Waals surface area contributed by atoms with Gasteiger partial charge in [0.15, 0.2) is 0 Å². The van der Waals surface area contributed by atoms with Crippen molar-refractivity contribution < 1.29 is 15.0 Å². The fraction of sp³-hybridized carbons (Fsp3) is 0.533. The van der Waals surface area contributed by atoms with Gasteiger partial charge in [0.25, 0.3) is 0 Å². The Morgan fingerprint density at radius 1 is 1.28 bits per heavy atom. The van der Waals surface area contributed by atoms with Crippen LogP contribution in [0.15, 0.2) is 30.3 Å². The zero-order valence-electron chi connectivity index (χ0n) is 10.5. The summed E-state index contributed by atoms with van der Waals surface area (Å²) in [6, 6.07) is 9.24. The fourth-order valence-electron chi connectivity index (χ4n) is 2.12. The molecule has 0 spiro atoms. The number of benzene rings is 1. The van der Waals surface area contributed by atoms with Crippen molar-refractivity contribution in [3.05, 3.63) is 35.9 Å². The van der Waals surface area contributed by atoms with Gasteiger partial charge in [-0.15, -0.1) is 0 Å². The van der Waals surface area contributed by atoms with Crippen LogP contribution in [0.4, 0.5) is 0 Å². The highest BCUT2D eigenvalue weighted by atomic mass is 16.3. The lowest BCUT2D eigenvalue weighted by atomic mass is 10.0. The van der Waals surface area contributed by atoms with Crippen molar-refractivity contribution in [1.82, 2.24) is 0 Å². The maximum Gasteiger partial charge on any atom is 0.135 e. The summed E-state index contributed by atoms with van der Waals surface area (Å²) < 4.78 is 0. The minimum absolute atomic E-state index is 0.0654. The van der Waals surface area contributed by atoms with Crippen molar-refractivity contribution in [3.8, 4) is 0 Å². The number of hydrogen-bond donors (Lipinski definition) is 2. The molecule has 0 aliphatic heterocycles. The predicted octanol–water partition coefficient (Wildman–Crippen LogP) is 2.37. The zero-order chi connectivity index (χ0) is 13.0. The van der Waals surface area contributed by atoms with Crippen LogP contribution in [0.25, 0.3) is 0 Å². The molecule has 0 aromatic heterocycles. The Labute approximate surface area is 107 Å². The molecule has 0 amide bonds. The van der Waals surface area contributed by atoms with Gasteiger partial charge in [0.05, 0.1) is 11.7 Å². The molecule has 0 saturated heterocycles. The Morgan fingerprint density at radius 2 is 1.94 bits per heavy atom. The topological polar surface area (TPSA) is 57.5 Å². The number of rotatable bonds is 7. The second-order valence-electron chi connectivity index (χ2n) is 5.25. The molecular formula is C15H20O3. The molecule has 1 atom stereocenters. The first kappa shape index (κ1) is 13.2. The van der Waals surface area contributed by atoms with Gasteiger partial charge in [0, 0.05) is 12.8 Å². The summed E-state index contributed by atoms with van der Waals surface area (Å²) in [7, 11) is 0. The SMILES string of the molecule is O=C(CCCC1(O)CC1)CC(O)c1ccccc1. The smallest absolute Gasteiger partial charge is 0.135 e. The minimum Gasteiger partial charge on any atom is -0.390 e. The van der Waals surface area contributed by atoms with Crippen molar-refractivity contribution in [2.24, 2.45) is 0 Å². The number of Topliss-reactive ketones (excluding diaryl/α,β-unsaturated/α-hetero) is 1. The molecule has 98 valence electrons. The molecule has 1 aromatic rings. The average molecular weight is 248 g/mol. The first-order valence-corrected chi connectivity index (χ1v) is 6.56. The molecule has 1 fully saturated rings. The van der Waals surface area contributed by atoms with E-state index in [-0.39, 0.29) is 12.2 Å². The van der Waals surface area contributed by atoms with Gasteiger partial charge in [-0.1, -0.05) is 30.3 Å². The van der Waals surface area contributed by atoms with Gasteiger partial charge >= 0.3 is 0 Å². The summed E-state index contributed by atoms with van der Waals surface area (Å²) in [4.78, 5) is 11.7. The van der Waals surface area contributed by atoms with Gasteiger partial charge in [-0.25, -0.2) is 0 Å². The summed E-state index contributed by atoms with van der Waals surface area (Å²) in [5.41, 5.74) is 0.310. The van der Waals surface area contributed by atoms with Gasteiger partial charge in [0.2, 0.25) is 0 Å². The highest BCUT2D eigenvalue weighted by molar-refractivity contribution is 5.79. The number of ketones is 1. The van der Waals surface area contributed by atoms with Crippen LogP contribution in [-0.2, 0) is 4.79 Å². The maximum absolute atomic E-state index is 11.7. The first-order chi connectivity index (χ1) is 8.59. The predicted molar refractivity (Wildman–Crippen MR) is 69.1 cm³/mol. The zero-order valence-corrected chi connectivity index (χ0v) is 10.5. The van der Waals surface area contributed by atoms with E-state index in [4.69, 9.17) is 0 Å². The minimum atomic E-state index is -0.706. The molecule has 0 bridgehead atoms. The lowest BCUT2D eigenvalue weighted by Gasteiger charge is -2.10. The number of aliphatic hydroxyl groups excluding tert-OH is 1. The Hall–Kier alpha value is -1.19. The Morgan fingerprint density at radius 3 is 2.56 bits per heavy atom. The summed E-state index contributed by atoms with van der Waals surface area (Å²) >= 11 is 0. The Bertz CT molecular complexity index is 395. The summed E-state index contributed by atoms with van der Waals surface area (Å²) in [5.74, 6) is 0.0654. The molecule has 1 unspecified atom stereocenters. The van der Waals surface area contributed by atoms with E-state index < -0.39 is 11.7 Å². The third-order valence-electron chi connectivity index (χ3n) is 3.53. The largest absolute Gasteiger partial charge is 0.390 e. The molecule has 1 aromatic carbocycles. The van der Waals surface area contributed by atoms with Crippen LogP contribution in [0.1, 0.15) is 50.2 Å². The highest BCUT2D eigenvalue weighted by Crippen LogP contribution is 2.39. The van der Waals surface area contributed by atoms with Gasteiger partial charge < -0.3 is 10.2 Å². The molecule has 18 heavy (non-hydrogen) atoms. The third-order valence-corrected chi connectivity index (χ3v) is 3.53. The normalized spacial score (nSPS) is 18.3. The highest BCUT2D eigenvalue weighted by Gasteiger charge is 2.39. The number of aliphatic hydroxyl groups is 2. The van der Waals surface area contributed by atoms with Crippen LogP contribution in [0, 0.1) is 0 Å². The van der Waals surface area contributed by atoms with Crippen LogP contribution >= 0.6 is 0 Å². The molecule has 3 nitrogen and oxygen atoms in total. The molecule has 1 saturated carbocycles. The van der Waals surface area contributed by atoms with Gasteiger partial charge in [-0.05, 0) is 31.2 Å². The van der Waals surface area contributed by atoms with Gasteiger partial charge in [-0.2, -0.15) is 0 Å². The van der Waals surface area contributed by atoms with Crippen LogP contribution in [0.3, 0.4) is 0 Å². The molecule has 0 radical (unpaired) electrons. The van der Waals surface area contributed by atoms with E-state index in [0.717, 1.165) is 24.8 Å². The molecule has 1 aliphatic carbocycles. The van der Waals surface area contributed by atoms with E-state index in [0.29, 0.717) is 12.8 Å². The quantitative estimate of drug-likeness (QED) is 0.779. The Kier molecular flexibility index (Phi) is 4.15. The lowest BCUT2D eigenvalue weighted by Crippen LogP contribution is -2.10. The van der Waals surface area contributed by atoms with Crippen molar-refractivity contribution in [3.63, 3.8) is 0 Å². The molecule has 1 aliphatic rings. The second-order valence-corrected chi connectivity index (χ2v) is 5.25. The van der Waals surface area contributed by atoms with Crippen LogP contribution in [-0.4, -0.2) is 21.6 Å². The van der Waals surface area contributed by atoms with Gasteiger partial charge in [-0.3, -0.25) is 4.79 Å². The summed E-state index contributed by atoms with van der Waals surface area (Å²) in [6.45, 7) is 0. The van der Waals surface area contributed by atoms with Crippen molar-refractivity contribution >= 4 is 5.78 Å². The number of carbonyl (C=O) groups is 1. The second kappa shape index (κ2) is 5.63. The molecule has 2 N–H and O–H groups in total. The van der Waals surface area contributed by atoms with Crippen molar-refractivity contribution in [2.45, 2.75) is 50.2 Å². The van der Waals surface area contributed by atoms with E-state index in [1.54, 1.807) is 0 Å². The number of hydrogen-bond acceptors (Lipinski definition) is 3. The Balaban J connectivity index is 1.70. The summed E-state index contributed by atoms with van der Waals surface area (Å²) in [6.07, 6.45) is 3.08. The van der Waals surface area contributed by atoms with Crippen molar-refractivity contribution in [2.75, 3.05) is 0 Å². The molecule has 3 heteroatoms. The van der Waals surface area contributed by atoms with E-state index in [9.17, 15) is 15.0 Å². The summed E-state index contributed by atoms with van der Waals surface area (Å²) in [5, 5.41) is 19.5. The van der Waals surface area contributed by atoms with Gasteiger partial charge in [0.1, 0.15) is 5.78 Å². The fourth-order valence-corrected chi connectivity index (χ4v) is 2.12. The standard InChI is InChI=1S/C15H20O3/c16-13(7-4-8-15(18)9-10-15)11-14(17)12-5-2-1-3-6-12/h1-3,5-6,14,17-18H,4,7-11H2. The monoisotopic (exact) mass is 248 g/mol. The number of carbonyl (C=O) groups excluding carboxylic acids is 1.